The number of sulfonamides is 1. The fourth-order valence-corrected chi connectivity index (χ4v) is 3.40. The van der Waals surface area contributed by atoms with E-state index < -0.39 is 21.1 Å². The highest BCUT2D eigenvalue weighted by molar-refractivity contribution is 7.88. The van der Waals surface area contributed by atoms with Gasteiger partial charge >= 0.3 is 0 Å². The molecule has 0 amide bonds. The summed E-state index contributed by atoms with van der Waals surface area (Å²) in [5.41, 5.74) is 6.26. The second-order valence-corrected chi connectivity index (χ2v) is 7.07. The zero-order valence-corrected chi connectivity index (χ0v) is 13.1. The van der Waals surface area contributed by atoms with E-state index >= 15 is 0 Å². The van der Waals surface area contributed by atoms with Gasteiger partial charge in [0, 0.05) is 0 Å². The summed E-state index contributed by atoms with van der Waals surface area (Å²) in [5.74, 6) is 0. The Balaban J connectivity index is 2.51. The van der Waals surface area contributed by atoms with E-state index in [-0.39, 0.29) is 0 Å². The second-order valence-electron chi connectivity index (χ2n) is 4.88. The van der Waals surface area contributed by atoms with Gasteiger partial charge in [0.25, 0.3) is 0 Å². The summed E-state index contributed by atoms with van der Waals surface area (Å²) in [7, 11) is -3.54. The van der Waals surface area contributed by atoms with Crippen LogP contribution in [0.25, 0.3) is 0 Å². The number of alkyl halides is 1. The van der Waals surface area contributed by atoms with Crippen LogP contribution in [0.15, 0.2) is 60.7 Å². The van der Waals surface area contributed by atoms with Crippen molar-refractivity contribution in [3.05, 3.63) is 71.8 Å². The van der Waals surface area contributed by atoms with Gasteiger partial charge in [0.2, 0.25) is 10.0 Å². The van der Waals surface area contributed by atoms with E-state index in [9.17, 15) is 8.42 Å². The van der Waals surface area contributed by atoms with Crippen molar-refractivity contribution in [2.45, 2.75) is 11.0 Å². The molecule has 2 aromatic carbocycles. The maximum Gasteiger partial charge on any atom is 0.210 e. The lowest BCUT2D eigenvalue weighted by Crippen LogP contribution is -2.55. The summed E-state index contributed by atoms with van der Waals surface area (Å²) in [6.07, 6.45) is 1.06. The lowest BCUT2D eigenvalue weighted by atomic mass is 9.93. The number of halogens is 1. The molecule has 0 spiro atoms. The minimum absolute atomic E-state index is 0.597. The summed E-state index contributed by atoms with van der Waals surface area (Å²) in [6, 6.07) is 18.0. The van der Waals surface area contributed by atoms with Crippen molar-refractivity contribution in [1.29, 1.82) is 0 Å². The molecule has 0 aromatic heterocycles. The van der Waals surface area contributed by atoms with Crippen molar-refractivity contribution in [3.8, 4) is 0 Å². The molecule has 0 aliphatic carbocycles. The molecule has 0 saturated heterocycles. The van der Waals surface area contributed by atoms with Gasteiger partial charge in [-0.25, -0.2) is 8.42 Å². The number of nitrogens with two attached hydrogens (primary N) is 1. The fraction of sp³-hybridized carbons (Fsp3) is 0.200. The maximum absolute atomic E-state index is 11.7. The fourth-order valence-electron chi connectivity index (χ4n) is 2.16. The summed E-state index contributed by atoms with van der Waals surface area (Å²) >= 11 is 6.50. The third-order valence-corrected chi connectivity index (χ3v) is 4.40. The zero-order valence-electron chi connectivity index (χ0n) is 11.5. The molecule has 0 saturated carbocycles. The molecule has 112 valence electrons. The smallest absolute Gasteiger partial charge is 0.210 e. The SMILES string of the molecule is CS(=O)(=O)N[C@@](N)(c1ccccc1)[C@@H](Cl)c1ccccc1. The van der Waals surface area contributed by atoms with Crippen LogP contribution in [0, 0.1) is 0 Å². The van der Waals surface area contributed by atoms with Crippen molar-refractivity contribution < 1.29 is 8.42 Å². The van der Waals surface area contributed by atoms with Gasteiger partial charge in [-0.15, -0.1) is 11.6 Å². The van der Waals surface area contributed by atoms with Gasteiger partial charge in [0.15, 0.2) is 0 Å². The quantitative estimate of drug-likeness (QED) is 0.655. The lowest BCUT2D eigenvalue weighted by molar-refractivity contribution is 0.393. The van der Waals surface area contributed by atoms with Gasteiger partial charge in [-0.2, -0.15) is 4.72 Å². The van der Waals surface area contributed by atoms with Crippen LogP contribution in [-0.2, 0) is 15.7 Å². The molecule has 4 nitrogen and oxygen atoms in total. The zero-order chi connectivity index (χ0) is 15.5. The minimum Gasteiger partial charge on any atom is -0.307 e. The molecule has 2 atom stereocenters. The van der Waals surface area contributed by atoms with E-state index in [1.807, 2.05) is 36.4 Å². The number of benzene rings is 2. The third kappa shape index (κ3) is 3.83. The first-order valence-corrected chi connectivity index (χ1v) is 8.68. The first kappa shape index (κ1) is 16.0. The van der Waals surface area contributed by atoms with Crippen LogP contribution in [0.4, 0.5) is 0 Å². The van der Waals surface area contributed by atoms with E-state index in [0.717, 1.165) is 11.8 Å². The van der Waals surface area contributed by atoms with E-state index in [1.54, 1.807) is 24.3 Å². The Labute approximate surface area is 130 Å². The van der Waals surface area contributed by atoms with E-state index in [2.05, 4.69) is 4.72 Å². The molecule has 0 radical (unpaired) electrons. The van der Waals surface area contributed by atoms with Gasteiger partial charge in [0.1, 0.15) is 5.66 Å². The molecule has 0 aliphatic rings. The van der Waals surface area contributed by atoms with Crippen LogP contribution in [-0.4, -0.2) is 14.7 Å². The van der Waals surface area contributed by atoms with E-state index in [1.165, 1.54) is 0 Å². The van der Waals surface area contributed by atoms with Crippen molar-refractivity contribution in [2.75, 3.05) is 6.26 Å². The van der Waals surface area contributed by atoms with Gasteiger partial charge in [-0.05, 0) is 11.1 Å². The minimum atomic E-state index is -3.54. The Morgan fingerprint density at radius 3 is 2.00 bits per heavy atom. The highest BCUT2D eigenvalue weighted by Crippen LogP contribution is 2.36. The molecule has 2 rings (SSSR count). The normalized spacial score (nSPS) is 16.1. The number of hydrogen-bond acceptors (Lipinski definition) is 3. The van der Waals surface area contributed by atoms with Crippen molar-refractivity contribution in [3.63, 3.8) is 0 Å². The van der Waals surface area contributed by atoms with Crippen molar-refractivity contribution in [1.82, 2.24) is 4.72 Å². The summed E-state index contributed by atoms with van der Waals surface area (Å²) < 4.78 is 25.9. The Morgan fingerprint density at radius 1 is 1.05 bits per heavy atom. The van der Waals surface area contributed by atoms with E-state index in [0.29, 0.717) is 5.56 Å². The van der Waals surface area contributed by atoms with Crippen LogP contribution in [0.3, 0.4) is 0 Å². The molecule has 2 aromatic rings. The average molecular weight is 325 g/mol. The predicted octanol–water partition coefficient (Wildman–Crippen LogP) is 2.33. The standard InChI is InChI=1S/C15H17ClN2O2S/c1-21(19,20)18-15(17,13-10-6-3-7-11-13)14(16)12-8-4-2-5-9-12/h2-11,14,18H,17H2,1H3/t14-,15-/m0/s1. The molecule has 0 bridgehead atoms. The Hall–Kier alpha value is -1.40. The first-order valence-electron chi connectivity index (χ1n) is 6.35. The Morgan fingerprint density at radius 2 is 1.52 bits per heavy atom. The van der Waals surface area contributed by atoms with Crippen LogP contribution in [0.1, 0.15) is 16.5 Å². The summed E-state index contributed by atoms with van der Waals surface area (Å²) in [6.45, 7) is 0. The van der Waals surface area contributed by atoms with Crippen molar-refractivity contribution >= 4 is 21.6 Å². The van der Waals surface area contributed by atoms with Crippen LogP contribution < -0.4 is 10.5 Å². The molecule has 0 heterocycles. The van der Waals surface area contributed by atoms with Crippen LogP contribution >= 0.6 is 11.6 Å². The first-order chi connectivity index (χ1) is 9.83. The monoisotopic (exact) mass is 324 g/mol. The molecule has 0 fully saturated rings. The average Bonchev–Trinajstić information content (AvgIpc) is 2.46. The highest BCUT2D eigenvalue weighted by Gasteiger charge is 2.39. The highest BCUT2D eigenvalue weighted by atomic mass is 35.5. The maximum atomic E-state index is 11.7. The van der Waals surface area contributed by atoms with Crippen molar-refractivity contribution in [2.24, 2.45) is 5.73 Å². The number of rotatable bonds is 5. The molecule has 3 N–H and O–H groups in total. The van der Waals surface area contributed by atoms with Crippen LogP contribution in [0.5, 0.6) is 0 Å². The lowest BCUT2D eigenvalue weighted by Gasteiger charge is -2.34. The van der Waals surface area contributed by atoms with Gasteiger partial charge in [0.05, 0.1) is 11.6 Å². The molecule has 21 heavy (non-hydrogen) atoms. The van der Waals surface area contributed by atoms with Gasteiger partial charge in [-0.1, -0.05) is 60.7 Å². The Kier molecular flexibility index (Phi) is 4.68. The van der Waals surface area contributed by atoms with Gasteiger partial charge < -0.3 is 5.73 Å². The van der Waals surface area contributed by atoms with Crippen LogP contribution in [0.2, 0.25) is 0 Å². The number of nitrogens with one attached hydrogen (secondary N) is 1. The summed E-state index contributed by atoms with van der Waals surface area (Å²) in [5, 5.41) is -0.754. The largest absolute Gasteiger partial charge is 0.307 e. The molecular formula is C15H17ClN2O2S. The molecule has 6 heteroatoms. The Bertz CT molecular complexity index is 692. The third-order valence-electron chi connectivity index (χ3n) is 3.10. The van der Waals surface area contributed by atoms with Gasteiger partial charge in [-0.3, -0.25) is 0 Å². The number of hydrogen-bond donors (Lipinski definition) is 2. The predicted molar refractivity (Wildman–Crippen MR) is 85.3 cm³/mol. The second kappa shape index (κ2) is 6.15. The topological polar surface area (TPSA) is 72.2 Å². The molecule has 0 unspecified atom stereocenters. The summed E-state index contributed by atoms with van der Waals surface area (Å²) in [4.78, 5) is 0. The van der Waals surface area contributed by atoms with E-state index in [4.69, 9.17) is 17.3 Å². The molecule has 0 aliphatic heterocycles. The molecular weight excluding hydrogens is 308 g/mol.